The Bertz CT molecular complexity index is 527. The van der Waals surface area contributed by atoms with Crippen molar-refractivity contribution in [2.75, 3.05) is 13.1 Å². The molecule has 0 saturated carbocycles. The third-order valence-electron chi connectivity index (χ3n) is 3.14. The minimum Gasteiger partial charge on any atom is -0.346 e. The predicted octanol–water partition coefficient (Wildman–Crippen LogP) is 1.73. The number of rotatable bonds is 3. The number of carbonyl (C=O) groups is 1. The molecule has 1 fully saturated rings. The van der Waals surface area contributed by atoms with Gasteiger partial charge in [0.05, 0.1) is 10.5 Å². The monoisotopic (exact) mass is 283 g/mol. The van der Waals surface area contributed by atoms with Crippen molar-refractivity contribution in [3.05, 3.63) is 38.9 Å². The minimum absolute atomic E-state index is 0.175. The average Bonchev–Trinajstić information content (AvgIpc) is 2.74. The van der Waals surface area contributed by atoms with Crippen LogP contribution >= 0.6 is 11.6 Å². The van der Waals surface area contributed by atoms with Crippen molar-refractivity contribution < 1.29 is 9.72 Å². The summed E-state index contributed by atoms with van der Waals surface area (Å²) < 4.78 is 0. The molecule has 1 atom stereocenters. The first-order chi connectivity index (χ1) is 8.89. The maximum Gasteiger partial charge on any atom is 0.271 e. The average molecular weight is 284 g/mol. The van der Waals surface area contributed by atoms with Gasteiger partial charge >= 0.3 is 0 Å². The standard InChI is InChI=1S/C12H14ClN3O3/c1-12(2-3-14-7-12)15-11(17)8-4-9(13)6-10(5-8)16(18)19/h4-6,14H,2-3,7H2,1H3,(H,15,17). The molecule has 1 saturated heterocycles. The summed E-state index contributed by atoms with van der Waals surface area (Å²) in [5, 5.41) is 17.0. The highest BCUT2D eigenvalue weighted by atomic mass is 35.5. The minimum atomic E-state index is -0.568. The zero-order valence-corrected chi connectivity index (χ0v) is 11.2. The molecular formula is C12H14ClN3O3. The van der Waals surface area contributed by atoms with Crippen LogP contribution in [0.4, 0.5) is 5.69 Å². The van der Waals surface area contributed by atoms with E-state index >= 15 is 0 Å². The van der Waals surface area contributed by atoms with Crippen molar-refractivity contribution in [3.63, 3.8) is 0 Å². The fourth-order valence-electron chi connectivity index (χ4n) is 2.08. The molecule has 1 amide bonds. The Balaban J connectivity index is 2.21. The van der Waals surface area contributed by atoms with Crippen LogP contribution in [0.15, 0.2) is 18.2 Å². The molecule has 2 N–H and O–H groups in total. The number of nitro benzene ring substituents is 1. The van der Waals surface area contributed by atoms with Crippen LogP contribution in [0.5, 0.6) is 0 Å². The van der Waals surface area contributed by atoms with E-state index in [1.807, 2.05) is 6.92 Å². The Morgan fingerprint density at radius 3 is 2.84 bits per heavy atom. The van der Waals surface area contributed by atoms with E-state index in [4.69, 9.17) is 11.6 Å². The molecular weight excluding hydrogens is 270 g/mol. The van der Waals surface area contributed by atoms with Crippen LogP contribution in [0.25, 0.3) is 0 Å². The van der Waals surface area contributed by atoms with E-state index in [1.165, 1.54) is 18.2 Å². The largest absolute Gasteiger partial charge is 0.346 e. The summed E-state index contributed by atoms with van der Waals surface area (Å²) in [6.45, 7) is 3.46. The fraction of sp³-hybridized carbons (Fsp3) is 0.417. The molecule has 0 aliphatic carbocycles. The topological polar surface area (TPSA) is 84.3 Å². The molecule has 7 heteroatoms. The Morgan fingerprint density at radius 1 is 1.53 bits per heavy atom. The first-order valence-electron chi connectivity index (χ1n) is 5.88. The summed E-state index contributed by atoms with van der Waals surface area (Å²) >= 11 is 5.79. The molecule has 0 bridgehead atoms. The Kier molecular flexibility index (Phi) is 3.73. The molecule has 0 aromatic heterocycles. The van der Waals surface area contributed by atoms with Gasteiger partial charge < -0.3 is 10.6 Å². The van der Waals surface area contributed by atoms with Gasteiger partial charge in [-0.1, -0.05) is 11.6 Å². The van der Waals surface area contributed by atoms with E-state index in [2.05, 4.69) is 10.6 Å². The van der Waals surface area contributed by atoms with Crippen molar-refractivity contribution in [2.45, 2.75) is 18.9 Å². The van der Waals surface area contributed by atoms with Crippen LogP contribution in [0.3, 0.4) is 0 Å². The van der Waals surface area contributed by atoms with Gasteiger partial charge in [-0.05, 0) is 26.0 Å². The van der Waals surface area contributed by atoms with E-state index in [-0.39, 0.29) is 27.7 Å². The van der Waals surface area contributed by atoms with Gasteiger partial charge in [-0.15, -0.1) is 0 Å². The number of hydrogen-bond acceptors (Lipinski definition) is 4. The van der Waals surface area contributed by atoms with Gasteiger partial charge in [0.1, 0.15) is 0 Å². The number of hydrogen-bond donors (Lipinski definition) is 2. The molecule has 1 aromatic carbocycles. The maximum absolute atomic E-state index is 12.1. The molecule has 2 rings (SSSR count). The molecule has 1 heterocycles. The normalized spacial score (nSPS) is 22.2. The molecule has 1 aliphatic rings. The zero-order chi connectivity index (χ0) is 14.0. The van der Waals surface area contributed by atoms with Crippen LogP contribution in [0.2, 0.25) is 5.02 Å². The first-order valence-corrected chi connectivity index (χ1v) is 6.26. The number of nitrogens with one attached hydrogen (secondary N) is 2. The summed E-state index contributed by atoms with van der Waals surface area (Å²) in [6, 6.07) is 3.87. The number of non-ortho nitro benzene ring substituents is 1. The summed E-state index contributed by atoms with van der Waals surface area (Å²) in [4.78, 5) is 22.3. The number of halogens is 1. The van der Waals surface area contributed by atoms with Gasteiger partial charge in [0.2, 0.25) is 0 Å². The van der Waals surface area contributed by atoms with E-state index in [0.717, 1.165) is 13.0 Å². The first kappa shape index (κ1) is 13.8. The summed E-state index contributed by atoms with van der Waals surface area (Å²) in [6.07, 6.45) is 0.821. The van der Waals surface area contributed by atoms with Gasteiger partial charge in [0.15, 0.2) is 0 Å². The highest BCUT2D eigenvalue weighted by Gasteiger charge is 2.30. The number of nitrogens with zero attached hydrogens (tertiary/aromatic N) is 1. The predicted molar refractivity (Wildman–Crippen MR) is 71.5 cm³/mol. The lowest BCUT2D eigenvalue weighted by Crippen LogP contribution is -2.47. The molecule has 19 heavy (non-hydrogen) atoms. The van der Waals surface area contributed by atoms with E-state index in [9.17, 15) is 14.9 Å². The van der Waals surface area contributed by atoms with Gasteiger partial charge in [-0.25, -0.2) is 0 Å². The second kappa shape index (κ2) is 5.14. The Hall–Kier alpha value is -1.66. The second-order valence-electron chi connectivity index (χ2n) is 4.90. The van der Waals surface area contributed by atoms with Gasteiger partial charge in [-0.2, -0.15) is 0 Å². The number of carbonyl (C=O) groups excluding carboxylic acids is 1. The van der Waals surface area contributed by atoms with Gasteiger partial charge in [0.25, 0.3) is 11.6 Å². The lowest BCUT2D eigenvalue weighted by atomic mass is 10.0. The number of amides is 1. The fourth-order valence-corrected chi connectivity index (χ4v) is 2.31. The van der Waals surface area contributed by atoms with Crippen LogP contribution in [0, 0.1) is 10.1 Å². The van der Waals surface area contributed by atoms with Crippen LogP contribution in [-0.2, 0) is 0 Å². The van der Waals surface area contributed by atoms with E-state index < -0.39 is 4.92 Å². The number of nitro groups is 1. The van der Waals surface area contributed by atoms with Crippen molar-refractivity contribution in [3.8, 4) is 0 Å². The SMILES string of the molecule is CC1(NC(=O)c2cc(Cl)cc([N+](=O)[O-])c2)CCNC1. The zero-order valence-electron chi connectivity index (χ0n) is 10.4. The summed E-state index contributed by atoms with van der Waals surface area (Å²) in [7, 11) is 0. The quantitative estimate of drug-likeness (QED) is 0.653. The lowest BCUT2D eigenvalue weighted by Gasteiger charge is -2.24. The number of benzene rings is 1. The third-order valence-corrected chi connectivity index (χ3v) is 3.36. The van der Waals surface area contributed by atoms with E-state index in [0.29, 0.717) is 6.54 Å². The lowest BCUT2D eigenvalue weighted by molar-refractivity contribution is -0.384. The second-order valence-corrected chi connectivity index (χ2v) is 5.33. The van der Waals surface area contributed by atoms with E-state index in [1.54, 1.807) is 0 Å². The van der Waals surface area contributed by atoms with Gasteiger partial charge in [-0.3, -0.25) is 14.9 Å². The summed E-state index contributed by atoms with van der Waals surface area (Å²) in [5.74, 6) is -0.350. The van der Waals surface area contributed by atoms with Gasteiger partial charge in [0, 0.05) is 29.3 Å². The highest BCUT2D eigenvalue weighted by Crippen LogP contribution is 2.22. The molecule has 6 nitrogen and oxygen atoms in total. The summed E-state index contributed by atoms with van der Waals surface area (Å²) in [5.41, 5.74) is -0.312. The van der Waals surface area contributed by atoms with Crippen LogP contribution in [0.1, 0.15) is 23.7 Å². The van der Waals surface area contributed by atoms with Crippen molar-refractivity contribution in [2.24, 2.45) is 0 Å². The molecule has 1 aliphatic heterocycles. The molecule has 1 aromatic rings. The highest BCUT2D eigenvalue weighted by molar-refractivity contribution is 6.31. The molecule has 1 unspecified atom stereocenters. The Labute approximate surface area is 115 Å². The smallest absolute Gasteiger partial charge is 0.271 e. The van der Waals surface area contributed by atoms with Crippen molar-refractivity contribution in [1.82, 2.24) is 10.6 Å². The Morgan fingerprint density at radius 2 is 2.26 bits per heavy atom. The maximum atomic E-state index is 12.1. The molecule has 0 radical (unpaired) electrons. The van der Waals surface area contributed by atoms with Crippen molar-refractivity contribution in [1.29, 1.82) is 0 Å². The third kappa shape index (κ3) is 3.21. The van der Waals surface area contributed by atoms with Crippen LogP contribution in [-0.4, -0.2) is 29.5 Å². The molecule has 102 valence electrons. The van der Waals surface area contributed by atoms with Crippen molar-refractivity contribution >= 4 is 23.2 Å². The molecule has 0 spiro atoms. The van der Waals surface area contributed by atoms with Crippen LogP contribution < -0.4 is 10.6 Å².